The normalized spacial score (nSPS) is 19.1. The highest BCUT2D eigenvalue weighted by Gasteiger charge is 2.43. The van der Waals surface area contributed by atoms with Crippen molar-refractivity contribution in [2.24, 2.45) is 5.92 Å². The van der Waals surface area contributed by atoms with Gasteiger partial charge in [-0.05, 0) is 35.6 Å². The first-order valence-corrected chi connectivity index (χ1v) is 10.8. The molecular weight excluding hydrogens is 370 g/mol. The number of amides is 1. The van der Waals surface area contributed by atoms with Crippen LogP contribution in [0.1, 0.15) is 47.6 Å². The number of hydrogen-bond donors (Lipinski definition) is 0. The third-order valence-corrected chi connectivity index (χ3v) is 6.08. The van der Waals surface area contributed by atoms with E-state index in [1.165, 1.54) is 5.56 Å². The number of carbonyl (C=O) groups is 2. The molecule has 1 heterocycles. The monoisotopic (exact) mass is 397 g/mol. The zero-order valence-corrected chi connectivity index (χ0v) is 17.4. The number of benzene rings is 2. The first-order valence-electron chi connectivity index (χ1n) is 9.76. The highest BCUT2D eigenvalue weighted by Crippen LogP contribution is 2.42. The van der Waals surface area contributed by atoms with Gasteiger partial charge in [-0.2, -0.15) is 0 Å². The van der Waals surface area contributed by atoms with Crippen molar-refractivity contribution in [2.75, 3.05) is 12.4 Å². The van der Waals surface area contributed by atoms with E-state index in [0.29, 0.717) is 17.9 Å². The maximum Gasteiger partial charge on any atom is 0.329 e. The van der Waals surface area contributed by atoms with Crippen molar-refractivity contribution in [1.29, 1.82) is 0 Å². The standard InChI is InChI=1S/C23H27NO3S/c1-4-17-10-12-18(13-11-17)21(25)24-20(23(26)27-14-16(2)3)15-28-22(24)19-8-6-5-7-9-19/h5-13,16,20,22H,4,14-15H2,1-3H3/t20-,22+/m1/s1. The van der Waals surface area contributed by atoms with Gasteiger partial charge in [-0.3, -0.25) is 4.79 Å². The number of ether oxygens (including phenoxy) is 1. The zero-order valence-electron chi connectivity index (χ0n) is 16.6. The largest absolute Gasteiger partial charge is 0.464 e. The van der Waals surface area contributed by atoms with Gasteiger partial charge in [-0.15, -0.1) is 11.8 Å². The lowest BCUT2D eigenvalue weighted by molar-refractivity contribution is -0.149. The van der Waals surface area contributed by atoms with Gasteiger partial charge < -0.3 is 9.64 Å². The Balaban J connectivity index is 1.89. The maximum atomic E-state index is 13.4. The fraction of sp³-hybridized carbons (Fsp3) is 0.391. The molecule has 0 unspecified atom stereocenters. The van der Waals surface area contributed by atoms with Gasteiger partial charge in [0.15, 0.2) is 0 Å². The SMILES string of the molecule is CCc1ccc(C(=O)N2[C@@H](C(=O)OCC(C)C)CS[C@H]2c2ccccc2)cc1. The molecule has 1 aliphatic rings. The van der Waals surface area contributed by atoms with Crippen LogP contribution < -0.4 is 0 Å². The molecule has 3 rings (SSSR count). The van der Waals surface area contributed by atoms with Gasteiger partial charge >= 0.3 is 5.97 Å². The lowest BCUT2D eigenvalue weighted by atomic mass is 10.1. The fourth-order valence-electron chi connectivity index (χ4n) is 3.19. The molecule has 28 heavy (non-hydrogen) atoms. The van der Waals surface area contributed by atoms with E-state index >= 15 is 0 Å². The van der Waals surface area contributed by atoms with Crippen LogP contribution in [0.2, 0.25) is 0 Å². The molecule has 4 nitrogen and oxygen atoms in total. The fourth-order valence-corrected chi connectivity index (χ4v) is 4.60. The molecule has 0 aliphatic carbocycles. The van der Waals surface area contributed by atoms with Gasteiger partial charge in [-0.1, -0.05) is 63.2 Å². The average Bonchev–Trinajstić information content (AvgIpc) is 3.17. The van der Waals surface area contributed by atoms with Crippen LogP contribution in [-0.2, 0) is 16.0 Å². The highest BCUT2D eigenvalue weighted by molar-refractivity contribution is 7.99. The quantitative estimate of drug-likeness (QED) is 0.663. The summed E-state index contributed by atoms with van der Waals surface area (Å²) < 4.78 is 5.48. The minimum Gasteiger partial charge on any atom is -0.464 e. The Morgan fingerprint density at radius 3 is 2.39 bits per heavy atom. The van der Waals surface area contributed by atoms with Gasteiger partial charge in [0.2, 0.25) is 0 Å². The van der Waals surface area contributed by atoms with Crippen molar-refractivity contribution in [1.82, 2.24) is 4.90 Å². The molecular formula is C23H27NO3S. The number of rotatable bonds is 6. The Labute approximate surface area is 171 Å². The Kier molecular flexibility index (Phi) is 6.79. The van der Waals surface area contributed by atoms with Crippen LogP contribution in [-0.4, -0.2) is 35.2 Å². The predicted octanol–water partition coefficient (Wildman–Crippen LogP) is 4.70. The van der Waals surface area contributed by atoms with E-state index in [9.17, 15) is 9.59 Å². The molecule has 148 valence electrons. The summed E-state index contributed by atoms with van der Waals surface area (Å²) in [5.74, 6) is 0.342. The van der Waals surface area contributed by atoms with Crippen LogP contribution in [0.25, 0.3) is 0 Å². The van der Waals surface area contributed by atoms with Gasteiger partial charge in [0.1, 0.15) is 11.4 Å². The van der Waals surface area contributed by atoms with Gasteiger partial charge in [0, 0.05) is 11.3 Å². The van der Waals surface area contributed by atoms with Crippen molar-refractivity contribution in [3.05, 3.63) is 71.3 Å². The van der Waals surface area contributed by atoms with Gasteiger partial charge in [-0.25, -0.2) is 4.79 Å². The number of nitrogens with zero attached hydrogens (tertiary/aromatic N) is 1. The van der Waals surface area contributed by atoms with Gasteiger partial charge in [0.05, 0.1) is 6.61 Å². The van der Waals surface area contributed by atoms with Crippen LogP contribution >= 0.6 is 11.8 Å². The molecule has 0 N–H and O–H groups in total. The lowest BCUT2D eigenvalue weighted by Crippen LogP contribution is -2.44. The summed E-state index contributed by atoms with van der Waals surface area (Å²) in [5, 5.41) is -0.198. The van der Waals surface area contributed by atoms with E-state index < -0.39 is 6.04 Å². The first kappa shape index (κ1) is 20.5. The number of thioether (sulfide) groups is 1. The minimum atomic E-state index is -0.577. The molecule has 2 atom stereocenters. The molecule has 1 amide bonds. The van der Waals surface area contributed by atoms with Crippen LogP contribution in [0, 0.1) is 5.92 Å². The van der Waals surface area contributed by atoms with Crippen molar-refractivity contribution < 1.29 is 14.3 Å². The van der Waals surface area contributed by atoms with E-state index in [1.807, 2.05) is 68.4 Å². The average molecular weight is 398 g/mol. The third kappa shape index (κ3) is 4.58. The maximum absolute atomic E-state index is 13.4. The van der Waals surface area contributed by atoms with Crippen molar-refractivity contribution >= 4 is 23.6 Å². The van der Waals surface area contributed by atoms with Crippen molar-refractivity contribution in [3.63, 3.8) is 0 Å². The molecule has 0 radical (unpaired) electrons. The second-order valence-corrected chi connectivity index (χ2v) is 8.51. The van der Waals surface area contributed by atoms with E-state index in [1.54, 1.807) is 16.7 Å². The minimum absolute atomic E-state index is 0.131. The molecule has 0 aromatic heterocycles. The highest BCUT2D eigenvalue weighted by atomic mass is 32.2. The second-order valence-electron chi connectivity index (χ2n) is 7.40. The molecule has 5 heteroatoms. The number of carbonyl (C=O) groups excluding carboxylic acids is 2. The van der Waals surface area contributed by atoms with Gasteiger partial charge in [0.25, 0.3) is 5.91 Å². The number of hydrogen-bond acceptors (Lipinski definition) is 4. The summed E-state index contributed by atoms with van der Waals surface area (Å²) in [5.41, 5.74) is 2.80. The van der Waals surface area contributed by atoms with Crippen LogP contribution in [0.3, 0.4) is 0 Å². The smallest absolute Gasteiger partial charge is 0.329 e. The van der Waals surface area contributed by atoms with Crippen LogP contribution in [0.15, 0.2) is 54.6 Å². The van der Waals surface area contributed by atoms with E-state index in [2.05, 4.69) is 6.92 Å². The molecule has 0 saturated carbocycles. The van der Waals surface area contributed by atoms with E-state index in [-0.39, 0.29) is 23.2 Å². The molecule has 2 aromatic carbocycles. The first-order chi connectivity index (χ1) is 13.5. The van der Waals surface area contributed by atoms with Crippen molar-refractivity contribution in [2.45, 2.75) is 38.6 Å². The summed E-state index contributed by atoms with van der Waals surface area (Å²) in [7, 11) is 0. The zero-order chi connectivity index (χ0) is 20.1. The van der Waals surface area contributed by atoms with E-state index in [4.69, 9.17) is 4.74 Å². The molecule has 2 aromatic rings. The molecule has 0 spiro atoms. The van der Waals surface area contributed by atoms with Crippen LogP contribution in [0.5, 0.6) is 0 Å². The second kappa shape index (κ2) is 9.28. The summed E-state index contributed by atoms with van der Waals surface area (Å²) in [4.78, 5) is 27.8. The number of aryl methyl sites for hydroxylation is 1. The third-order valence-electron chi connectivity index (χ3n) is 4.76. The molecule has 1 aliphatic heterocycles. The summed E-state index contributed by atoms with van der Waals surface area (Å²) in [6, 6.07) is 16.9. The molecule has 0 bridgehead atoms. The van der Waals surface area contributed by atoms with Crippen LogP contribution in [0.4, 0.5) is 0 Å². The Morgan fingerprint density at radius 2 is 1.79 bits per heavy atom. The summed E-state index contributed by atoms with van der Waals surface area (Å²) in [6.45, 7) is 6.45. The lowest BCUT2D eigenvalue weighted by Gasteiger charge is -2.29. The van der Waals surface area contributed by atoms with Crippen molar-refractivity contribution in [3.8, 4) is 0 Å². The molecule has 1 fully saturated rings. The number of esters is 1. The van der Waals surface area contributed by atoms with E-state index in [0.717, 1.165) is 12.0 Å². The Morgan fingerprint density at radius 1 is 1.11 bits per heavy atom. The predicted molar refractivity (Wildman–Crippen MR) is 113 cm³/mol. The molecule has 1 saturated heterocycles. The summed E-state index contributed by atoms with van der Waals surface area (Å²) in [6.07, 6.45) is 0.921. The summed E-state index contributed by atoms with van der Waals surface area (Å²) >= 11 is 1.61. The Bertz CT molecular complexity index is 804. The Hall–Kier alpha value is -2.27. The topological polar surface area (TPSA) is 46.6 Å².